The molecule has 1 rings (SSSR count). The Bertz CT molecular complexity index is 547. The van der Waals surface area contributed by atoms with Gasteiger partial charge in [-0.15, -0.1) is 0 Å². The molecule has 0 spiro atoms. The summed E-state index contributed by atoms with van der Waals surface area (Å²) in [6.45, 7) is 4.56. The molecular weight excluding hydrogens is 355 g/mol. The second-order valence-electron chi connectivity index (χ2n) is 5.52. The van der Waals surface area contributed by atoms with Crippen LogP contribution >= 0.6 is 15.9 Å². The average Bonchev–Trinajstić information content (AvgIpc) is 2.39. The summed E-state index contributed by atoms with van der Waals surface area (Å²) in [5.41, 5.74) is -1.71. The lowest BCUT2D eigenvalue weighted by Crippen LogP contribution is -2.50. The largest absolute Gasteiger partial charge is 0.461 e. The number of ketones is 1. The van der Waals surface area contributed by atoms with Gasteiger partial charge in [-0.1, -0.05) is 34.1 Å². The van der Waals surface area contributed by atoms with Gasteiger partial charge in [-0.3, -0.25) is 4.79 Å². The number of hydrogen-bond acceptors (Lipinski definition) is 4. The van der Waals surface area contributed by atoms with Gasteiger partial charge in [-0.05, 0) is 38.8 Å². The predicted molar refractivity (Wildman–Crippen MR) is 84.3 cm³/mol. The molecule has 0 bridgehead atoms. The van der Waals surface area contributed by atoms with E-state index < -0.39 is 34.7 Å². The number of alkyl halides is 1. The molecule has 0 saturated carbocycles. The molecule has 0 heterocycles. The minimum Gasteiger partial charge on any atom is -0.461 e. The van der Waals surface area contributed by atoms with Crippen LogP contribution < -0.4 is 0 Å². The molecule has 122 valence electrons. The highest BCUT2D eigenvalue weighted by atomic mass is 79.9. The second-order valence-corrected chi connectivity index (χ2v) is 6.63. The number of esters is 1. The first kappa shape index (κ1) is 18.8. The molecule has 0 aliphatic carbocycles. The summed E-state index contributed by atoms with van der Waals surface area (Å²) in [4.78, 5) is 22.7. The summed E-state index contributed by atoms with van der Waals surface area (Å²) in [7, 11) is 0. The maximum Gasteiger partial charge on any atom is 0.340 e. The summed E-state index contributed by atoms with van der Waals surface area (Å²) >= 11 is 3.22. The zero-order valence-electron chi connectivity index (χ0n) is 12.8. The van der Waals surface area contributed by atoms with Crippen LogP contribution in [0.15, 0.2) is 24.3 Å². The predicted octanol–water partition coefficient (Wildman–Crippen LogP) is 2.79. The molecule has 0 amide bonds. The number of aliphatic hydroxyl groups is 1. The third kappa shape index (κ3) is 4.88. The number of rotatable bonds is 7. The number of halogens is 2. The molecule has 0 fully saturated rings. The lowest BCUT2D eigenvalue weighted by molar-refractivity contribution is -0.171. The average molecular weight is 375 g/mol. The fourth-order valence-electron chi connectivity index (χ4n) is 2.03. The Morgan fingerprint density at radius 2 is 1.95 bits per heavy atom. The molecule has 1 N–H and O–H groups in total. The van der Waals surface area contributed by atoms with Crippen LogP contribution in [0.3, 0.4) is 0 Å². The number of carbonyl (C=O) groups is 2. The molecule has 0 radical (unpaired) electrons. The number of carbonyl (C=O) groups excluding carboxylic acids is 2. The zero-order chi connectivity index (χ0) is 16.9. The number of ether oxygens (including phenoxy) is 1. The van der Waals surface area contributed by atoms with Crippen LogP contribution in [-0.4, -0.2) is 33.4 Å². The van der Waals surface area contributed by atoms with E-state index in [1.807, 2.05) is 0 Å². The molecule has 0 unspecified atom stereocenters. The van der Waals surface area contributed by atoms with Crippen LogP contribution in [0.1, 0.15) is 32.8 Å². The van der Waals surface area contributed by atoms with E-state index in [2.05, 4.69) is 15.9 Å². The van der Waals surface area contributed by atoms with Crippen LogP contribution in [0.4, 0.5) is 4.39 Å². The van der Waals surface area contributed by atoms with Gasteiger partial charge in [0.15, 0.2) is 5.60 Å². The highest BCUT2D eigenvalue weighted by Crippen LogP contribution is 2.29. The molecule has 1 aromatic carbocycles. The minimum atomic E-state index is -2.04. The first-order chi connectivity index (χ1) is 10.2. The zero-order valence-corrected chi connectivity index (χ0v) is 14.4. The standard InChI is InChI=1S/C16H20BrFO4/c1-10(2)22-15(20)16(21,9-11(3)19)14(17)8-12-6-4-5-7-13(12)18/h4-7,10,14,21H,8-9H2,1-3H3/t14-,16+/m1/s1. The molecular formula is C16H20BrFO4. The first-order valence-corrected chi connectivity index (χ1v) is 7.88. The summed E-state index contributed by atoms with van der Waals surface area (Å²) in [5.74, 6) is -1.69. The smallest absolute Gasteiger partial charge is 0.340 e. The fourth-order valence-corrected chi connectivity index (χ4v) is 2.73. The molecule has 0 saturated heterocycles. The Morgan fingerprint density at radius 1 is 1.36 bits per heavy atom. The van der Waals surface area contributed by atoms with E-state index in [9.17, 15) is 19.1 Å². The van der Waals surface area contributed by atoms with Crippen molar-refractivity contribution in [2.75, 3.05) is 0 Å². The molecule has 0 aliphatic rings. The Labute approximate surface area is 137 Å². The summed E-state index contributed by atoms with van der Waals surface area (Å²) in [6.07, 6.45) is -0.786. The number of hydrogen-bond donors (Lipinski definition) is 1. The lowest BCUT2D eigenvalue weighted by atomic mass is 9.89. The van der Waals surface area contributed by atoms with E-state index in [4.69, 9.17) is 4.74 Å². The number of Topliss-reactive ketones (excluding diaryl/α,β-unsaturated/α-hetero) is 1. The van der Waals surface area contributed by atoms with Crippen molar-refractivity contribution < 1.29 is 23.8 Å². The monoisotopic (exact) mass is 374 g/mol. The van der Waals surface area contributed by atoms with Crippen molar-refractivity contribution in [1.82, 2.24) is 0 Å². The van der Waals surface area contributed by atoms with Crippen LogP contribution in [0.5, 0.6) is 0 Å². The summed E-state index contributed by atoms with van der Waals surface area (Å²) in [6, 6.07) is 6.07. The molecule has 4 nitrogen and oxygen atoms in total. The first-order valence-electron chi connectivity index (χ1n) is 6.97. The third-order valence-electron chi connectivity index (χ3n) is 3.09. The number of benzene rings is 1. The van der Waals surface area contributed by atoms with Gasteiger partial charge in [0.2, 0.25) is 0 Å². The van der Waals surface area contributed by atoms with Gasteiger partial charge in [0.05, 0.1) is 10.9 Å². The van der Waals surface area contributed by atoms with Gasteiger partial charge in [0.25, 0.3) is 0 Å². The van der Waals surface area contributed by atoms with Crippen LogP contribution in [0.2, 0.25) is 0 Å². The van der Waals surface area contributed by atoms with Gasteiger partial charge >= 0.3 is 5.97 Å². The van der Waals surface area contributed by atoms with Gasteiger partial charge in [-0.25, -0.2) is 9.18 Å². The second kappa shape index (κ2) is 7.83. The van der Waals surface area contributed by atoms with Gasteiger partial charge < -0.3 is 9.84 Å². The Morgan fingerprint density at radius 3 is 2.45 bits per heavy atom. The van der Waals surface area contributed by atoms with Crippen molar-refractivity contribution in [3.8, 4) is 0 Å². The van der Waals surface area contributed by atoms with Gasteiger partial charge in [0, 0.05) is 6.42 Å². The third-order valence-corrected chi connectivity index (χ3v) is 4.17. The maximum atomic E-state index is 13.7. The van der Waals surface area contributed by atoms with E-state index in [0.717, 1.165) is 0 Å². The van der Waals surface area contributed by atoms with E-state index in [0.29, 0.717) is 5.56 Å². The summed E-state index contributed by atoms with van der Waals surface area (Å²) in [5, 5.41) is 10.7. The van der Waals surface area contributed by atoms with Crippen molar-refractivity contribution >= 4 is 27.7 Å². The SMILES string of the molecule is CC(=O)C[C@@](O)(C(=O)OC(C)C)[C@H](Br)Cc1ccccc1F. The fraction of sp³-hybridized carbons (Fsp3) is 0.500. The Balaban J connectivity index is 3.02. The highest BCUT2D eigenvalue weighted by Gasteiger charge is 2.45. The lowest BCUT2D eigenvalue weighted by Gasteiger charge is -2.30. The van der Waals surface area contributed by atoms with E-state index >= 15 is 0 Å². The normalized spacial score (nSPS) is 15.2. The quantitative estimate of drug-likeness (QED) is 0.588. The van der Waals surface area contributed by atoms with Crippen LogP contribution in [-0.2, 0) is 20.7 Å². The maximum absolute atomic E-state index is 13.7. The minimum absolute atomic E-state index is 0.0453. The molecule has 0 aromatic heterocycles. The summed E-state index contributed by atoms with van der Waals surface area (Å²) < 4.78 is 18.8. The van der Waals surface area contributed by atoms with Gasteiger partial charge in [-0.2, -0.15) is 0 Å². The van der Waals surface area contributed by atoms with Gasteiger partial charge in [0.1, 0.15) is 11.6 Å². The Hall–Kier alpha value is -1.27. The highest BCUT2D eigenvalue weighted by molar-refractivity contribution is 9.09. The van der Waals surface area contributed by atoms with Crippen LogP contribution in [0, 0.1) is 5.82 Å². The molecule has 1 aromatic rings. The molecule has 2 atom stereocenters. The molecule has 0 aliphatic heterocycles. The van der Waals surface area contributed by atoms with Crippen LogP contribution in [0.25, 0.3) is 0 Å². The van der Waals surface area contributed by atoms with Crippen molar-refractivity contribution in [2.45, 2.75) is 50.1 Å². The van der Waals surface area contributed by atoms with Crippen molar-refractivity contribution in [2.24, 2.45) is 0 Å². The van der Waals surface area contributed by atoms with Crippen molar-refractivity contribution in [3.05, 3.63) is 35.6 Å². The van der Waals surface area contributed by atoms with E-state index in [1.54, 1.807) is 32.0 Å². The van der Waals surface area contributed by atoms with Crippen molar-refractivity contribution in [1.29, 1.82) is 0 Å². The Kier molecular flexibility index (Phi) is 6.68. The van der Waals surface area contributed by atoms with Crippen molar-refractivity contribution in [3.63, 3.8) is 0 Å². The topological polar surface area (TPSA) is 63.6 Å². The molecule has 22 heavy (non-hydrogen) atoms. The van der Waals surface area contributed by atoms with E-state index in [1.165, 1.54) is 13.0 Å². The molecule has 6 heteroatoms. The van der Waals surface area contributed by atoms with E-state index in [-0.39, 0.29) is 12.2 Å².